The van der Waals surface area contributed by atoms with Crippen LogP contribution in [0.15, 0.2) is 28.3 Å². The molecule has 2 aliphatic rings. The van der Waals surface area contributed by atoms with Crippen molar-refractivity contribution in [1.82, 2.24) is 24.5 Å². The highest BCUT2D eigenvalue weighted by Gasteiger charge is 2.27. The molecule has 2 fully saturated rings. The number of carbonyl (C=O) groups excluding carboxylic acids is 1. The van der Waals surface area contributed by atoms with Gasteiger partial charge in [0.15, 0.2) is 0 Å². The molecule has 2 aromatic rings. The molecular weight excluding hydrogens is 464 g/mol. The van der Waals surface area contributed by atoms with E-state index in [2.05, 4.69) is 20.8 Å². The molecule has 180 valence electrons. The minimum absolute atomic E-state index is 0.0966. The molecule has 1 aromatic carbocycles. The van der Waals surface area contributed by atoms with Crippen molar-refractivity contribution in [1.29, 1.82) is 0 Å². The summed E-state index contributed by atoms with van der Waals surface area (Å²) in [6, 6.07) is 4.86. The lowest BCUT2D eigenvalue weighted by atomic mass is 10.2. The minimum atomic E-state index is -3.64. The van der Waals surface area contributed by atoms with Crippen LogP contribution in [0, 0.1) is 0 Å². The Bertz CT molecular complexity index is 1060. The van der Waals surface area contributed by atoms with Crippen LogP contribution in [0.4, 0.5) is 5.69 Å². The first-order valence-corrected chi connectivity index (χ1v) is 13.8. The Kier molecular flexibility index (Phi) is 7.86. The molecule has 10 nitrogen and oxygen atoms in total. The third-order valence-corrected chi connectivity index (χ3v) is 8.94. The number of hydrogen-bond donors (Lipinski definition) is 1. The number of benzene rings is 1. The number of thioether (sulfide) groups is 1. The van der Waals surface area contributed by atoms with Crippen LogP contribution in [0.2, 0.25) is 0 Å². The lowest BCUT2D eigenvalue weighted by Gasteiger charge is -2.21. The second-order valence-electron chi connectivity index (χ2n) is 8.36. The second-order valence-corrected chi connectivity index (χ2v) is 11.2. The highest BCUT2D eigenvalue weighted by molar-refractivity contribution is 7.99. The van der Waals surface area contributed by atoms with Crippen molar-refractivity contribution in [3.8, 4) is 5.75 Å². The number of nitrogens with one attached hydrogen (secondary N) is 1. The van der Waals surface area contributed by atoms with E-state index in [1.54, 1.807) is 10.7 Å². The zero-order valence-corrected chi connectivity index (χ0v) is 20.4. The average Bonchev–Trinajstić information content (AvgIpc) is 3.43. The number of sulfonamides is 1. The molecule has 1 N–H and O–H groups in total. The molecule has 1 amide bonds. The van der Waals surface area contributed by atoms with Crippen molar-refractivity contribution in [2.75, 3.05) is 31.3 Å². The summed E-state index contributed by atoms with van der Waals surface area (Å²) < 4.78 is 35.0. The molecule has 2 heterocycles. The van der Waals surface area contributed by atoms with Gasteiger partial charge in [0, 0.05) is 13.1 Å². The fourth-order valence-corrected chi connectivity index (χ4v) is 6.64. The number of rotatable bonds is 8. The van der Waals surface area contributed by atoms with Gasteiger partial charge in [-0.3, -0.25) is 4.79 Å². The van der Waals surface area contributed by atoms with Gasteiger partial charge in [0.25, 0.3) is 0 Å². The Labute approximate surface area is 198 Å². The van der Waals surface area contributed by atoms with Crippen LogP contribution < -0.4 is 10.1 Å². The lowest BCUT2D eigenvalue weighted by Crippen LogP contribution is -2.32. The van der Waals surface area contributed by atoms with Gasteiger partial charge in [-0.25, -0.2) is 13.1 Å². The van der Waals surface area contributed by atoms with E-state index in [-0.39, 0.29) is 22.6 Å². The fourth-order valence-electron chi connectivity index (χ4n) is 4.35. The molecule has 12 heteroatoms. The number of methoxy groups -OCH3 is 1. The monoisotopic (exact) mass is 494 g/mol. The van der Waals surface area contributed by atoms with Gasteiger partial charge >= 0.3 is 0 Å². The smallest absolute Gasteiger partial charge is 0.243 e. The van der Waals surface area contributed by atoms with E-state index in [4.69, 9.17) is 4.74 Å². The van der Waals surface area contributed by atoms with Crippen LogP contribution in [0.1, 0.15) is 57.4 Å². The minimum Gasteiger partial charge on any atom is -0.495 e. The van der Waals surface area contributed by atoms with E-state index in [0.717, 1.165) is 51.4 Å². The van der Waals surface area contributed by atoms with E-state index in [1.807, 2.05) is 0 Å². The first-order chi connectivity index (χ1) is 16.0. The first-order valence-electron chi connectivity index (χ1n) is 11.4. The highest BCUT2D eigenvalue weighted by Crippen LogP contribution is 2.32. The molecule has 0 radical (unpaired) electrons. The summed E-state index contributed by atoms with van der Waals surface area (Å²) in [6.07, 6.45) is 8.19. The number of carbonyl (C=O) groups is 1. The predicted molar refractivity (Wildman–Crippen MR) is 125 cm³/mol. The van der Waals surface area contributed by atoms with Gasteiger partial charge in [-0.2, -0.15) is 4.31 Å². The molecule has 0 unspecified atom stereocenters. The number of hydrogen-bond acceptors (Lipinski definition) is 8. The van der Waals surface area contributed by atoms with Crippen LogP contribution in [0.5, 0.6) is 5.75 Å². The van der Waals surface area contributed by atoms with Gasteiger partial charge in [0.05, 0.1) is 29.5 Å². The third-order valence-electron chi connectivity index (χ3n) is 6.11. The molecule has 0 atom stereocenters. The van der Waals surface area contributed by atoms with E-state index in [1.165, 1.54) is 35.3 Å². The Morgan fingerprint density at radius 3 is 2.58 bits per heavy atom. The molecule has 1 aliphatic heterocycles. The standard InChI is InChI=1S/C21H30N6O4S2/c1-31-19-11-10-17(33(29,30)26-12-6-2-3-7-13-26)14-18(19)22-20(28)15-32-21-23-24-25-27(21)16-8-4-5-9-16/h10-11,14,16H,2-9,12-13,15H2,1H3,(H,22,28). The predicted octanol–water partition coefficient (Wildman–Crippen LogP) is 3.09. The maximum atomic E-state index is 13.2. The van der Waals surface area contributed by atoms with Crippen LogP contribution in [-0.4, -0.2) is 64.8 Å². The van der Waals surface area contributed by atoms with Gasteiger partial charge in [0.2, 0.25) is 21.1 Å². The summed E-state index contributed by atoms with van der Waals surface area (Å²) in [5, 5.41) is 15.3. The van der Waals surface area contributed by atoms with Crippen LogP contribution in [-0.2, 0) is 14.8 Å². The zero-order chi connectivity index (χ0) is 23.3. The molecule has 33 heavy (non-hydrogen) atoms. The second kappa shape index (κ2) is 10.8. The molecular formula is C21H30N6O4S2. The Morgan fingerprint density at radius 1 is 1.15 bits per heavy atom. The van der Waals surface area contributed by atoms with Crippen molar-refractivity contribution in [3.63, 3.8) is 0 Å². The molecule has 0 bridgehead atoms. The number of anilines is 1. The van der Waals surface area contributed by atoms with E-state index in [9.17, 15) is 13.2 Å². The number of tetrazole rings is 1. The van der Waals surface area contributed by atoms with Gasteiger partial charge in [-0.15, -0.1) is 5.10 Å². The molecule has 1 aliphatic carbocycles. The highest BCUT2D eigenvalue weighted by atomic mass is 32.2. The molecule has 1 saturated heterocycles. The molecule has 1 saturated carbocycles. The molecule has 4 rings (SSSR count). The van der Waals surface area contributed by atoms with E-state index >= 15 is 0 Å². The summed E-state index contributed by atoms with van der Waals surface area (Å²) in [7, 11) is -2.16. The summed E-state index contributed by atoms with van der Waals surface area (Å²) in [6.45, 7) is 1.03. The quantitative estimate of drug-likeness (QED) is 0.556. The number of ether oxygens (including phenoxy) is 1. The van der Waals surface area contributed by atoms with Gasteiger partial charge in [0.1, 0.15) is 5.75 Å². The van der Waals surface area contributed by atoms with Gasteiger partial charge in [-0.05, 0) is 54.3 Å². The fraction of sp³-hybridized carbons (Fsp3) is 0.619. The Balaban J connectivity index is 1.45. The zero-order valence-electron chi connectivity index (χ0n) is 18.8. The van der Waals surface area contributed by atoms with Crippen molar-refractivity contribution < 1.29 is 17.9 Å². The number of aromatic nitrogens is 4. The van der Waals surface area contributed by atoms with E-state index in [0.29, 0.717) is 29.7 Å². The first kappa shape index (κ1) is 24.0. The average molecular weight is 495 g/mol. The largest absolute Gasteiger partial charge is 0.495 e. The van der Waals surface area contributed by atoms with Gasteiger partial charge < -0.3 is 10.1 Å². The maximum absolute atomic E-state index is 13.2. The number of nitrogens with zero attached hydrogens (tertiary/aromatic N) is 5. The summed E-state index contributed by atoms with van der Waals surface area (Å²) in [5.41, 5.74) is 0.328. The van der Waals surface area contributed by atoms with Crippen molar-refractivity contribution >= 4 is 33.4 Å². The van der Waals surface area contributed by atoms with Crippen LogP contribution >= 0.6 is 11.8 Å². The summed E-state index contributed by atoms with van der Waals surface area (Å²) in [4.78, 5) is 12.8. The number of amides is 1. The van der Waals surface area contributed by atoms with Crippen molar-refractivity contribution in [2.45, 2.75) is 67.5 Å². The summed E-state index contributed by atoms with van der Waals surface area (Å²) >= 11 is 1.26. The maximum Gasteiger partial charge on any atom is 0.243 e. The van der Waals surface area contributed by atoms with E-state index < -0.39 is 10.0 Å². The third kappa shape index (κ3) is 5.67. The van der Waals surface area contributed by atoms with Crippen LogP contribution in [0.3, 0.4) is 0 Å². The lowest BCUT2D eigenvalue weighted by molar-refractivity contribution is -0.113. The normalized spacial score (nSPS) is 18.2. The van der Waals surface area contributed by atoms with Crippen molar-refractivity contribution in [3.05, 3.63) is 18.2 Å². The van der Waals surface area contributed by atoms with Crippen molar-refractivity contribution in [2.24, 2.45) is 0 Å². The summed E-state index contributed by atoms with van der Waals surface area (Å²) in [5.74, 6) is 0.210. The van der Waals surface area contributed by atoms with Crippen LogP contribution in [0.25, 0.3) is 0 Å². The SMILES string of the molecule is COc1ccc(S(=O)(=O)N2CCCCCC2)cc1NC(=O)CSc1nnnn1C1CCCC1. The van der Waals surface area contributed by atoms with Gasteiger partial charge in [-0.1, -0.05) is 37.4 Å². The topological polar surface area (TPSA) is 119 Å². The molecule has 0 spiro atoms. The Hall–Kier alpha value is -2.18. The molecule has 1 aromatic heterocycles. The Morgan fingerprint density at radius 2 is 1.88 bits per heavy atom.